The highest BCUT2D eigenvalue weighted by molar-refractivity contribution is 9.10. The zero-order valence-corrected chi connectivity index (χ0v) is 7.45. The van der Waals surface area contributed by atoms with Gasteiger partial charge in [0.2, 0.25) is 0 Å². The van der Waals surface area contributed by atoms with Gasteiger partial charge in [-0.1, -0.05) is 15.9 Å². The first-order valence-electron chi connectivity index (χ1n) is 3.07. The Morgan fingerprint density at radius 3 is 2.50 bits per heavy atom. The minimum absolute atomic E-state index is 0.0527. The van der Waals surface area contributed by atoms with Crippen LogP contribution in [0.5, 0.6) is 5.75 Å². The van der Waals surface area contributed by atoms with E-state index in [9.17, 15) is 4.39 Å². The Labute approximate surface area is 77.1 Å². The zero-order chi connectivity index (χ0) is 9.14. The molecule has 0 fully saturated rings. The minimum atomic E-state index is -1.93. The molecule has 1 aromatic carbocycles. The van der Waals surface area contributed by atoms with Crippen molar-refractivity contribution in [2.24, 2.45) is 0 Å². The fourth-order valence-electron chi connectivity index (χ4n) is 0.718. The SMILES string of the molecule is OB(O)Oc1cc(F)cc(Br)c1. The van der Waals surface area contributed by atoms with E-state index in [-0.39, 0.29) is 5.75 Å². The van der Waals surface area contributed by atoms with Gasteiger partial charge >= 0.3 is 7.32 Å². The topological polar surface area (TPSA) is 49.7 Å². The molecule has 1 aromatic rings. The van der Waals surface area contributed by atoms with Crippen LogP contribution in [0.3, 0.4) is 0 Å². The van der Waals surface area contributed by atoms with Crippen LogP contribution >= 0.6 is 15.9 Å². The lowest BCUT2D eigenvalue weighted by atomic mass is 10.2. The predicted molar refractivity (Wildman–Crippen MR) is 44.9 cm³/mol. The van der Waals surface area contributed by atoms with Gasteiger partial charge in [-0.05, 0) is 12.1 Å². The van der Waals surface area contributed by atoms with Crippen LogP contribution in [0.25, 0.3) is 0 Å². The number of halogens is 2. The van der Waals surface area contributed by atoms with Crippen LogP contribution in [0.2, 0.25) is 0 Å². The Balaban J connectivity index is 2.85. The molecule has 0 spiro atoms. The van der Waals surface area contributed by atoms with E-state index >= 15 is 0 Å². The maximum atomic E-state index is 12.6. The van der Waals surface area contributed by atoms with E-state index in [0.29, 0.717) is 4.47 Å². The van der Waals surface area contributed by atoms with Crippen molar-refractivity contribution in [2.75, 3.05) is 0 Å². The van der Waals surface area contributed by atoms with Gasteiger partial charge in [0, 0.05) is 10.5 Å². The fourth-order valence-corrected chi connectivity index (χ4v) is 1.16. The molecule has 12 heavy (non-hydrogen) atoms. The van der Waals surface area contributed by atoms with E-state index in [1.165, 1.54) is 12.1 Å². The molecule has 2 N–H and O–H groups in total. The van der Waals surface area contributed by atoms with Crippen LogP contribution in [0.4, 0.5) is 4.39 Å². The Morgan fingerprint density at radius 2 is 2.00 bits per heavy atom. The molecule has 0 atom stereocenters. The van der Waals surface area contributed by atoms with Crippen LogP contribution in [0, 0.1) is 5.82 Å². The van der Waals surface area contributed by atoms with Gasteiger partial charge in [-0.3, -0.25) is 0 Å². The summed E-state index contributed by atoms with van der Waals surface area (Å²) in [6.07, 6.45) is 0. The van der Waals surface area contributed by atoms with E-state index < -0.39 is 13.1 Å². The molecule has 0 saturated heterocycles. The van der Waals surface area contributed by atoms with Crippen molar-refractivity contribution in [1.29, 1.82) is 0 Å². The number of hydrogen-bond donors (Lipinski definition) is 2. The summed E-state index contributed by atoms with van der Waals surface area (Å²) in [6.45, 7) is 0. The molecule has 6 heteroatoms. The highest BCUT2D eigenvalue weighted by Crippen LogP contribution is 2.20. The molecular formula is C6H5BBrFO3. The summed E-state index contributed by atoms with van der Waals surface area (Å²) in [4.78, 5) is 0. The Bertz CT molecular complexity index is 261. The second-order valence-electron chi connectivity index (χ2n) is 2.05. The molecule has 1 rings (SSSR count). The molecule has 0 aromatic heterocycles. The van der Waals surface area contributed by atoms with Gasteiger partial charge in [0.05, 0.1) is 0 Å². The van der Waals surface area contributed by atoms with Crippen molar-refractivity contribution in [1.82, 2.24) is 0 Å². The Kier molecular flexibility index (Phi) is 3.08. The predicted octanol–water partition coefficient (Wildman–Crippen LogP) is 0.936. The number of benzene rings is 1. The largest absolute Gasteiger partial charge is 0.707 e. The van der Waals surface area contributed by atoms with E-state index in [2.05, 4.69) is 20.6 Å². The van der Waals surface area contributed by atoms with E-state index in [1.807, 2.05) is 0 Å². The summed E-state index contributed by atoms with van der Waals surface area (Å²) in [5.74, 6) is -0.461. The molecule has 0 amide bonds. The normalized spacial score (nSPS) is 9.67. The molecule has 0 heterocycles. The van der Waals surface area contributed by atoms with Crippen LogP contribution in [-0.2, 0) is 0 Å². The standard InChI is InChI=1S/C6H5BBrFO3/c8-4-1-5(9)3-6(2-4)12-7(10)11/h1-3,10-11H. The van der Waals surface area contributed by atoms with E-state index in [1.54, 1.807) is 0 Å². The van der Waals surface area contributed by atoms with Crippen molar-refractivity contribution in [3.63, 3.8) is 0 Å². The molecule has 64 valence electrons. The maximum Gasteiger partial charge on any atom is 0.707 e. The minimum Gasteiger partial charge on any atom is -0.512 e. The summed E-state index contributed by atoms with van der Waals surface area (Å²) in [5, 5.41) is 16.8. The van der Waals surface area contributed by atoms with Gasteiger partial charge in [-0.25, -0.2) is 4.39 Å². The smallest absolute Gasteiger partial charge is 0.512 e. The highest BCUT2D eigenvalue weighted by Gasteiger charge is 2.11. The van der Waals surface area contributed by atoms with Gasteiger partial charge in [0.1, 0.15) is 11.6 Å². The first-order valence-corrected chi connectivity index (χ1v) is 3.86. The zero-order valence-electron chi connectivity index (χ0n) is 5.87. The molecule has 3 nitrogen and oxygen atoms in total. The van der Waals surface area contributed by atoms with Gasteiger partial charge in [-0.15, -0.1) is 0 Å². The Hall–Kier alpha value is -0.585. The average molecular weight is 235 g/mol. The molecule has 0 unspecified atom stereocenters. The molecule has 0 saturated carbocycles. The third-order valence-electron chi connectivity index (χ3n) is 1.08. The second-order valence-corrected chi connectivity index (χ2v) is 2.96. The van der Waals surface area contributed by atoms with Crippen molar-refractivity contribution >= 4 is 23.3 Å². The van der Waals surface area contributed by atoms with Crippen LogP contribution in [0.1, 0.15) is 0 Å². The monoisotopic (exact) mass is 234 g/mol. The highest BCUT2D eigenvalue weighted by atomic mass is 79.9. The summed E-state index contributed by atoms with van der Waals surface area (Å²) in [5.41, 5.74) is 0. The summed E-state index contributed by atoms with van der Waals surface area (Å²) in [6, 6.07) is 3.70. The lowest BCUT2D eigenvalue weighted by Crippen LogP contribution is -2.20. The lowest BCUT2D eigenvalue weighted by molar-refractivity contribution is 0.287. The van der Waals surface area contributed by atoms with Gasteiger partial charge in [0.25, 0.3) is 0 Å². The molecule has 0 radical (unpaired) electrons. The average Bonchev–Trinajstić information content (AvgIpc) is 1.81. The van der Waals surface area contributed by atoms with Crippen LogP contribution in [-0.4, -0.2) is 17.4 Å². The van der Waals surface area contributed by atoms with Crippen LogP contribution in [0.15, 0.2) is 22.7 Å². The summed E-state index contributed by atoms with van der Waals surface area (Å²) >= 11 is 3.02. The third-order valence-corrected chi connectivity index (χ3v) is 1.54. The Morgan fingerprint density at radius 1 is 1.33 bits per heavy atom. The lowest BCUT2D eigenvalue weighted by Gasteiger charge is -2.04. The van der Waals surface area contributed by atoms with Crippen LogP contribution < -0.4 is 4.65 Å². The summed E-state index contributed by atoms with van der Waals surface area (Å²) < 4.78 is 17.5. The first-order chi connectivity index (χ1) is 5.58. The second kappa shape index (κ2) is 3.89. The quantitative estimate of drug-likeness (QED) is 0.749. The van der Waals surface area contributed by atoms with Crippen molar-refractivity contribution in [3.05, 3.63) is 28.5 Å². The van der Waals surface area contributed by atoms with Gasteiger partial charge < -0.3 is 14.7 Å². The molecule has 0 aliphatic carbocycles. The third kappa shape index (κ3) is 2.81. The van der Waals surface area contributed by atoms with Gasteiger partial charge in [-0.2, -0.15) is 0 Å². The number of rotatable bonds is 2. The van der Waals surface area contributed by atoms with Gasteiger partial charge in [0.15, 0.2) is 0 Å². The molecule has 0 bridgehead atoms. The van der Waals surface area contributed by atoms with E-state index in [0.717, 1.165) is 6.07 Å². The molecule has 0 aliphatic rings. The maximum absolute atomic E-state index is 12.6. The summed E-state index contributed by atoms with van der Waals surface area (Å²) in [7, 11) is -1.93. The van der Waals surface area contributed by atoms with Crippen molar-refractivity contribution < 1.29 is 19.1 Å². The molecule has 0 aliphatic heterocycles. The first kappa shape index (κ1) is 9.50. The fraction of sp³-hybridized carbons (Fsp3) is 0. The molecular weight excluding hydrogens is 230 g/mol. The number of hydrogen-bond acceptors (Lipinski definition) is 3. The van der Waals surface area contributed by atoms with Crippen molar-refractivity contribution in [2.45, 2.75) is 0 Å². The van der Waals surface area contributed by atoms with Crippen molar-refractivity contribution in [3.8, 4) is 5.75 Å². The van der Waals surface area contributed by atoms with E-state index in [4.69, 9.17) is 10.0 Å².